The van der Waals surface area contributed by atoms with E-state index in [2.05, 4.69) is 27.7 Å². The van der Waals surface area contributed by atoms with Crippen molar-refractivity contribution in [3.8, 4) is 5.75 Å². The second-order valence-corrected chi connectivity index (χ2v) is 6.97. The topological polar surface area (TPSA) is 35.2 Å². The summed E-state index contributed by atoms with van der Waals surface area (Å²) in [7, 11) is 0. The molecule has 0 aliphatic carbocycles. The Morgan fingerprint density at radius 1 is 1.25 bits per heavy atom. The number of fused-ring (bicyclic) bond motifs is 1. The Bertz CT molecular complexity index is 460. The van der Waals surface area contributed by atoms with Crippen LogP contribution >= 0.6 is 0 Å². The van der Waals surface area contributed by atoms with Crippen molar-refractivity contribution < 1.29 is 9.13 Å². The van der Waals surface area contributed by atoms with Crippen LogP contribution in [0.25, 0.3) is 0 Å². The number of ether oxygens (including phenoxy) is 1. The molecule has 1 atom stereocenters. The average Bonchev–Trinajstić information content (AvgIpc) is 2.28. The summed E-state index contributed by atoms with van der Waals surface area (Å²) >= 11 is 0. The van der Waals surface area contributed by atoms with Gasteiger partial charge in [0.15, 0.2) is 0 Å². The first-order valence-electron chi connectivity index (χ1n) is 7.55. The molecular formula is C17H26FNO. The molecular weight excluding hydrogens is 253 g/mol. The zero-order valence-electron chi connectivity index (χ0n) is 12.9. The van der Waals surface area contributed by atoms with Gasteiger partial charge >= 0.3 is 0 Å². The summed E-state index contributed by atoms with van der Waals surface area (Å²) in [5.41, 5.74) is 6.88. The minimum Gasteiger partial charge on any atom is -0.487 e. The molecule has 112 valence electrons. The van der Waals surface area contributed by atoms with Crippen molar-refractivity contribution in [3.63, 3.8) is 0 Å². The molecule has 1 aliphatic heterocycles. The third kappa shape index (κ3) is 3.32. The van der Waals surface area contributed by atoms with E-state index in [0.29, 0.717) is 11.8 Å². The van der Waals surface area contributed by atoms with Crippen LogP contribution in [0.1, 0.15) is 58.6 Å². The van der Waals surface area contributed by atoms with E-state index in [0.717, 1.165) is 30.6 Å². The highest BCUT2D eigenvalue weighted by Crippen LogP contribution is 2.44. The first-order chi connectivity index (χ1) is 9.31. The van der Waals surface area contributed by atoms with Crippen LogP contribution in [0, 0.1) is 17.7 Å². The van der Waals surface area contributed by atoms with Gasteiger partial charge in [0.2, 0.25) is 0 Å². The van der Waals surface area contributed by atoms with E-state index in [-0.39, 0.29) is 17.5 Å². The van der Waals surface area contributed by atoms with Gasteiger partial charge in [0.25, 0.3) is 0 Å². The van der Waals surface area contributed by atoms with E-state index in [1.165, 1.54) is 12.1 Å². The maximum atomic E-state index is 13.4. The smallest absolute Gasteiger partial charge is 0.125 e. The second-order valence-electron chi connectivity index (χ2n) is 6.97. The molecule has 0 amide bonds. The normalized spacial score (nSPS) is 20.9. The van der Waals surface area contributed by atoms with Crippen LogP contribution in [0.15, 0.2) is 18.2 Å². The molecule has 2 rings (SSSR count). The Morgan fingerprint density at radius 2 is 1.85 bits per heavy atom. The number of halogens is 1. The molecule has 1 heterocycles. The van der Waals surface area contributed by atoms with Crippen molar-refractivity contribution >= 4 is 0 Å². The van der Waals surface area contributed by atoms with Gasteiger partial charge in [-0.15, -0.1) is 0 Å². The second kappa shape index (κ2) is 5.72. The predicted octanol–water partition coefficient (Wildman–Crippen LogP) is 4.44. The fourth-order valence-electron chi connectivity index (χ4n) is 3.51. The fourth-order valence-corrected chi connectivity index (χ4v) is 3.51. The van der Waals surface area contributed by atoms with Crippen LogP contribution in [-0.2, 0) is 0 Å². The molecule has 0 aromatic heterocycles. The molecule has 1 aromatic carbocycles. The van der Waals surface area contributed by atoms with E-state index in [9.17, 15) is 4.39 Å². The maximum Gasteiger partial charge on any atom is 0.125 e. The van der Waals surface area contributed by atoms with E-state index < -0.39 is 0 Å². The van der Waals surface area contributed by atoms with E-state index >= 15 is 0 Å². The van der Waals surface area contributed by atoms with Crippen molar-refractivity contribution in [2.45, 2.75) is 58.6 Å². The first-order valence-corrected chi connectivity index (χ1v) is 7.55. The SMILES string of the molecule is CC(C)CC1(CC(C)C)CC(N)c2cc(F)ccc2O1. The third-order valence-corrected chi connectivity index (χ3v) is 3.85. The standard InChI is InChI=1S/C17H26FNO/c1-11(2)8-17(9-12(3)4)10-15(19)14-7-13(18)5-6-16(14)20-17/h5-7,11-12,15H,8-10,19H2,1-4H3. The molecule has 3 heteroatoms. The summed E-state index contributed by atoms with van der Waals surface area (Å²) in [6.45, 7) is 8.82. The largest absolute Gasteiger partial charge is 0.487 e. The first kappa shape index (κ1) is 15.3. The van der Waals surface area contributed by atoms with Crippen LogP contribution in [0.4, 0.5) is 4.39 Å². The Morgan fingerprint density at radius 3 is 2.40 bits per heavy atom. The molecule has 0 fully saturated rings. The third-order valence-electron chi connectivity index (χ3n) is 3.85. The van der Waals surface area contributed by atoms with Gasteiger partial charge < -0.3 is 10.5 Å². The highest BCUT2D eigenvalue weighted by atomic mass is 19.1. The molecule has 2 nitrogen and oxygen atoms in total. The average molecular weight is 279 g/mol. The highest BCUT2D eigenvalue weighted by molar-refractivity contribution is 5.39. The Balaban J connectivity index is 2.34. The predicted molar refractivity (Wildman–Crippen MR) is 80.2 cm³/mol. The van der Waals surface area contributed by atoms with Gasteiger partial charge in [0.05, 0.1) is 0 Å². The molecule has 1 aromatic rings. The van der Waals surface area contributed by atoms with Crippen molar-refractivity contribution in [3.05, 3.63) is 29.6 Å². The molecule has 0 saturated heterocycles. The van der Waals surface area contributed by atoms with E-state index in [1.807, 2.05) is 0 Å². The van der Waals surface area contributed by atoms with Crippen molar-refractivity contribution in [1.29, 1.82) is 0 Å². The molecule has 0 bridgehead atoms. The van der Waals surface area contributed by atoms with Gasteiger partial charge in [0, 0.05) is 18.0 Å². The van der Waals surface area contributed by atoms with Crippen molar-refractivity contribution in [1.82, 2.24) is 0 Å². The monoisotopic (exact) mass is 279 g/mol. The molecule has 1 aliphatic rings. The molecule has 0 saturated carbocycles. The minimum absolute atomic E-state index is 0.146. The molecule has 0 spiro atoms. The molecule has 0 radical (unpaired) electrons. The molecule has 2 N–H and O–H groups in total. The van der Waals surface area contributed by atoms with Crippen LogP contribution < -0.4 is 10.5 Å². The van der Waals surface area contributed by atoms with E-state index in [4.69, 9.17) is 10.5 Å². The Kier molecular flexibility index (Phi) is 4.38. The van der Waals surface area contributed by atoms with Gasteiger partial charge in [-0.3, -0.25) is 0 Å². The van der Waals surface area contributed by atoms with Gasteiger partial charge in [-0.25, -0.2) is 4.39 Å². The summed E-state index contributed by atoms with van der Waals surface area (Å²) < 4.78 is 19.7. The lowest BCUT2D eigenvalue weighted by molar-refractivity contribution is -0.00176. The number of hydrogen-bond donors (Lipinski definition) is 1. The van der Waals surface area contributed by atoms with Crippen molar-refractivity contribution in [2.75, 3.05) is 0 Å². The zero-order chi connectivity index (χ0) is 14.9. The van der Waals surface area contributed by atoms with Crippen molar-refractivity contribution in [2.24, 2.45) is 17.6 Å². The molecule has 20 heavy (non-hydrogen) atoms. The van der Waals surface area contributed by atoms with Gasteiger partial charge in [-0.1, -0.05) is 27.7 Å². The lowest BCUT2D eigenvalue weighted by atomic mass is 9.77. The highest BCUT2D eigenvalue weighted by Gasteiger charge is 2.40. The fraction of sp³-hybridized carbons (Fsp3) is 0.647. The maximum absolute atomic E-state index is 13.4. The van der Waals surface area contributed by atoms with Gasteiger partial charge in [0.1, 0.15) is 17.2 Å². The van der Waals surface area contributed by atoms with Crippen LogP contribution in [-0.4, -0.2) is 5.60 Å². The lowest BCUT2D eigenvalue weighted by Gasteiger charge is -2.43. The van der Waals surface area contributed by atoms with E-state index in [1.54, 1.807) is 6.07 Å². The summed E-state index contributed by atoms with van der Waals surface area (Å²) in [5.74, 6) is 1.60. The Hall–Kier alpha value is -1.09. The summed E-state index contributed by atoms with van der Waals surface area (Å²) in [4.78, 5) is 0. The minimum atomic E-state index is -0.247. The lowest BCUT2D eigenvalue weighted by Crippen LogP contribution is -2.45. The number of rotatable bonds is 4. The zero-order valence-corrected chi connectivity index (χ0v) is 12.9. The van der Waals surface area contributed by atoms with Crippen LogP contribution in [0.2, 0.25) is 0 Å². The number of hydrogen-bond acceptors (Lipinski definition) is 2. The Labute approximate surface area is 121 Å². The van der Waals surface area contributed by atoms with Gasteiger partial charge in [-0.2, -0.15) is 0 Å². The summed E-state index contributed by atoms with van der Waals surface area (Å²) in [5, 5.41) is 0. The summed E-state index contributed by atoms with van der Waals surface area (Å²) in [6, 6.07) is 4.53. The number of benzene rings is 1. The van der Waals surface area contributed by atoms with Crippen LogP contribution in [0.3, 0.4) is 0 Å². The number of nitrogens with two attached hydrogens (primary N) is 1. The quantitative estimate of drug-likeness (QED) is 0.884. The van der Waals surface area contributed by atoms with Gasteiger partial charge in [-0.05, 0) is 42.9 Å². The van der Waals surface area contributed by atoms with Crippen LogP contribution in [0.5, 0.6) is 5.75 Å². The summed E-state index contributed by atoms with van der Waals surface area (Å²) in [6.07, 6.45) is 2.73. The molecule has 1 unspecified atom stereocenters.